The smallest absolute Gasteiger partial charge is 0.347 e. The molecular weight excluding hydrogens is 427 g/mol. The maximum atomic E-state index is 14.6. The highest BCUT2D eigenvalue weighted by atomic mass is 19.1. The van der Waals surface area contributed by atoms with Crippen molar-refractivity contribution in [3.8, 4) is 0 Å². The van der Waals surface area contributed by atoms with Gasteiger partial charge in [-0.3, -0.25) is 19.1 Å². The van der Waals surface area contributed by atoms with Crippen LogP contribution in [-0.2, 0) is 23.8 Å². The summed E-state index contributed by atoms with van der Waals surface area (Å²) in [5.41, 5.74) is 11.0. The molecule has 0 aromatic carbocycles. The van der Waals surface area contributed by atoms with Crippen LogP contribution in [0.15, 0.2) is 11.1 Å². The van der Waals surface area contributed by atoms with Gasteiger partial charge in [0, 0.05) is 6.42 Å². The van der Waals surface area contributed by atoms with Gasteiger partial charge >= 0.3 is 11.9 Å². The summed E-state index contributed by atoms with van der Waals surface area (Å²) in [5, 5.41) is 0. The third kappa shape index (κ3) is 4.88. The van der Waals surface area contributed by atoms with Crippen LogP contribution in [-0.4, -0.2) is 62.5 Å². The van der Waals surface area contributed by atoms with Gasteiger partial charge in [0.1, 0.15) is 31.2 Å². The maximum Gasteiger partial charge on any atom is 0.347 e. The highest BCUT2D eigenvalue weighted by Gasteiger charge is 2.39. The Balaban J connectivity index is 1.61. The van der Waals surface area contributed by atoms with Gasteiger partial charge in [-0.05, 0) is 12.3 Å². The number of carbonyl (C=O) groups is 2. The molecule has 1 aliphatic rings. The molecule has 1 aliphatic heterocycles. The lowest BCUT2D eigenvalue weighted by Gasteiger charge is -2.21. The summed E-state index contributed by atoms with van der Waals surface area (Å²) < 4.78 is 31.9. The molecule has 0 amide bonds. The molecule has 13 heteroatoms. The Morgan fingerprint density at radius 3 is 2.78 bits per heavy atom. The lowest BCUT2D eigenvalue weighted by molar-refractivity contribution is -0.172. The molecular formula is C19H27FN6O6. The van der Waals surface area contributed by atoms with E-state index >= 15 is 0 Å². The molecule has 12 nitrogen and oxygen atoms in total. The zero-order valence-corrected chi connectivity index (χ0v) is 18.0. The van der Waals surface area contributed by atoms with Crippen molar-refractivity contribution in [1.29, 1.82) is 0 Å². The number of imidazole rings is 1. The number of carbonyl (C=O) groups excluding carboxylic acids is 2. The SMILES string of the molecule is CCC(OC(=O)[C@@H](N)C(C)C)C(=O)OC[C@H]1O[C@@H](n2cnc3c(=O)[nH]c(N)nc32)C[C@@H]1F. The molecule has 32 heavy (non-hydrogen) atoms. The fraction of sp³-hybridized carbons (Fsp3) is 0.632. The Morgan fingerprint density at radius 2 is 2.12 bits per heavy atom. The summed E-state index contributed by atoms with van der Waals surface area (Å²) in [6, 6.07) is -0.870. The fourth-order valence-electron chi connectivity index (χ4n) is 3.21. The van der Waals surface area contributed by atoms with E-state index in [1.807, 2.05) is 0 Å². The third-order valence-corrected chi connectivity index (χ3v) is 5.20. The molecule has 3 heterocycles. The van der Waals surface area contributed by atoms with Gasteiger partial charge in [-0.15, -0.1) is 0 Å². The van der Waals surface area contributed by atoms with E-state index in [0.717, 1.165) is 0 Å². The average Bonchev–Trinajstić information content (AvgIpc) is 3.32. The number of nitrogens with two attached hydrogens (primary N) is 2. The molecule has 2 aromatic rings. The van der Waals surface area contributed by atoms with E-state index in [4.69, 9.17) is 25.7 Å². The molecule has 0 aliphatic carbocycles. The zero-order valence-electron chi connectivity index (χ0n) is 18.0. The van der Waals surface area contributed by atoms with Crippen molar-refractivity contribution in [2.24, 2.45) is 11.7 Å². The summed E-state index contributed by atoms with van der Waals surface area (Å²) in [5.74, 6) is -1.79. The van der Waals surface area contributed by atoms with E-state index in [-0.39, 0.29) is 42.5 Å². The number of ether oxygens (including phenoxy) is 3. The Kier molecular flexibility index (Phi) is 7.09. The van der Waals surface area contributed by atoms with Crippen LogP contribution >= 0.6 is 0 Å². The van der Waals surface area contributed by atoms with Crippen molar-refractivity contribution in [1.82, 2.24) is 19.5 Å². The van der Waals surface area contributed by atoms with Crippen LogP contribution in [0.25, 0.3) is 11.2 Å². The van der Waals surface area contributed by atoms with Gasteiger partial charge in [-0.1, -0.05) is 20.8 Å². The molecule has 1 fully saturated rings. The van der Waals surface area contributed by atoms with Crippen LogP contribution in [0.1, 0.15) is 39.8 Å². The summed E-state index contributed by atoms with van der Waals surface area (Å²) >= 11 is 0. The van der Waals surface area contributed by atoms with Crippen molar-refractivity contribution < 1.29 is 28.2 Å². The van der Waals surface area contributed by atoms with E-state index in [2.05, 4.69) is 15.0 Å². The first kappa shape index (κ1) is 23.6. The lowest BCUT2D eigenvalue weighted by Crippen LogP contribution is -2.41. The van der Waals surface area contributed by atoms with Crippen LogP contribution in [0.3, 0.4) is 0 Å². The number of nitrogens with zero attached hydrogens (tertiary/aromatic N) is 3. The topological polar surface area (TPSA) is 177 Å². The Morgan fingerprint density at radius 1 is 1.41 bits per heavy atom. The number of alkyl halides is 1. The second-order valence-corrected chi connectivity index (χ2v) is 7.89. The third-order valence-electron chi connectivity index (χ3n) is 5.20. The number of esters is 2. The number of halogens is 1. The van der Waals surface area contributed by atoms with Gasteiger partial charge < -0.3 is 25.7 Å². The average molecular weight is 454 g/mol. The number of nitrogens with one attached hydrogen (secondary N) is 1. The van der Waals surface area contributed by atoms with Crippen molar-refractivity contribution >= 4 is 29.1 Å². The van der Waals surface area contributed by atoms with E-state index in [1.54, 1.807) is 20.8 Å². The van der Waals surface area contributed by atoms with E-state index in [9.17, 15) is 18.8 Å². The largest absolute Gasteiger partial charge is 0.460 e. The minimum atomic E-state index is -1.46. The number of H-pyrrole nitrogens is 1. The van der Waals surface area contributed by atoms with Gasteiger partial charge in [0.15, 0.2) is 17.3 Å². The van der Waals surface area contributed by atoms with Crippen LogP contribution in [0, 0.1) is 5.92 Å². The van der Waals surface area contributed by atoms with Gasteiger partial charge in [0.2, 0.25) is 5.95 Å². The molecule has 1 unspecified atom stereocenters. The first-order valence-corrected chi connectivity index (χ1v) is 10.3. The normalized spacial score (nSPS) is 22.8. The van der Waals surface area contributed by atoms with Gasteiger partial charge in [0.25, 0.3) is 5.56 Å². The standard InChI is InChI=1S/C19H27FN6O6/c1-4-10(32-18(29)13(21)8(2)3)17(28)30-6-11-9(20)5-12(31-11)26-7-23-14-15(26)24-19(22)25-16(14)27/h7-13H,4-6,21H2,1-3H3,(H3,22,24,25,27)/t9-,10?,11+,12+,13-/m0/s1. The second kappa shape index (κ2) is 9.61. The van der Waals surface area contributed by atoms with Gasteiger partial charge in [0.05, 0.1) is 6.33 Å². The van der Waals surface area contributed by atoms with Crippen LogP contribution in [0.2, 0.25) is 0 Å². The first-order valence-electron chi connectivity index (χ1n) is 10.3. The highest BCUT2D eigenvalue weighted by molar-refractivity contribution is 5.81. The van der Waals surface area contributed by atoms with Crippen LogP contribution in [0.5, 0.6) is 0 Å². The van der Waals surface area contributed by atoms with Crippen molar-refractivity contribution in [3.05, 3.63) is 16.7 Å². The van der Waals surface area contributed by atoms with Crippen LogP contribution in [0.4, 0.5) is 10.3 Å². The predicted molar refractivity (Wildman–Crippen MR) is 110 cm³/mol. The monoisotopic (exact) mass is 454 g/mol. The van der Waals surface area contributed by atoms with E-state index < -0.39 is 48.1 Å². The van der Waals surface area contributed by atoms with Crippen molar-refractivity contribution in [3.63, 3.8) is 0 Å². The minimum Gasteiger partial charge on any atom is -0.460 e. The number of rotatable bonds is 8. The Hall–Kier alpha value is -3.06. The molecule has 5 atom stereocenters. The van der Waals surface area contributed by atoms with Crippen molar-refractivity contribution in [2.75, 3.05) is 12.3 Å². The van der Waals surface area contributed by atoms with Gasteiger partial charge in [-0.2, -0.15) is 4.98 Å². The van der Waals surface area contributed by atoms with Crippen LogP contribution < -0.4 is 17.0 Å². The molecule has 0 spiro atoms. The van der Waals surface area contributed by atoms with Gasteiger partial charge in [-0.25, -0.2) is 14.2 Å². The lowest BCUT2D eigenvalue weighted by atomic mass is 10.1. The highest BCUT2D eigenvalue weighted by Crippen LogP contribution is 2.32. The summed E-state index contributed by atoms with van der Waals surface area (Å²) in [6.07, 6.45) is -3.09. The number of nitrogen functional groups attached to an aromatic ring is 1. The molecule has 2 aromatic heterocycles. The number of hydrogen-bond acceptors (Lipinski definition) is 10. The molecule has 0 bridgehead atoms. The first-order chi connectivity index (χ1) is 15.1. The summed E-state index contributed by atoms with van der Waals surface area (Å²) in [7, 11) is 0. The molecule has 176 valence electrons. The minimum absolute atomic E-state index is 0.0419. The number of aromatic amines is 1. The molecule has 0 radical (unpaired) electrons. The van der Waals surface area contributed by atoms with Crippen molar-refractivity contribution in [2.45, 2.75) is 64.3 Å². The number of anilines is 1. The quantitative estimate of drug-likeness (QED) is 0.466. The predicted octanol–water partition coefficient (Wildman–Crippen LogP) is 0.176. The van der Waals surface area contributed by atoms with E-state index in [0.29, 0.717) is 0 Å². The second-order valence-electron chi connectivity index (χ2n) is 7.89. The molecule has 5 N–H and O–H groups in total. The number of fused-ring (bicyclic) bond motifs is 1. The summed E-state index contributed by atoms with van der Waals surface area (Å²) in [4.78, 5) is 46.6. The maximum absolute atomic E-state index is 14.6. The van der Waals surface area contributed by atoms with E-state index in [1.165, 1.54) is 10.9 Å². The number of aromatic nitrogens is 4. The Labute approximate surface area is 182 Å². The Bertz CT molecular complexity index is 1040. The zero-order chi connectivity index (χ0) is 23.6. The fourth-order valence-corrected chi connectivity index (χ4v) is 3.21. The molecule has 3 rings (SSSR count). The molecule has 1 saturated heterocycles. The molecule has 0 saturated carbocycles. The number of hydrogen-bond donors (Lipinski definition) is 3. The summed E-state index contributed by atoms with van der Waals surface area (Å²) in [6.45, 7) is 4.77.